The molecule has 1 N–H and O–H groups in total. The van der Waals surface area contributed by atoms with Crippen molar-refractivity contribution in [2.24, 2.45) is 0 Å². The summed E-state index contributed by atoms with van der Waals surface area (Å²) in [6.45, 7) is 0. The van der Waals surface area contributed by atoms with Crippen LogP contribution in [-0.4, -0.2) is 29.3 Å². The van der Waals surface area contributed by atoms with Crippen molar-refractivity contribution in [2.45, 2.75) is 31.5 Å². The lowest BCUT2D eigenvalue weighted by molar-refractivity contribution is -0.385. The van der Waals surface area contributed by atoms with E-state index in [1.165, 1.54) is 19.2 Å². The van der Waals surface area contributed by atoms with Gasteiger partial charge in [0.1, 0.15) is 11.9 Å². The zero-order valence-electron chi connectivity index (χ0n) is 10.0. The van der Waals surface area contributed by atoms with Gasteiger partial charge in [-0.25, -0.2) is 0 Å². The number of methoxy groups -OCH3 is 1. The van der Waals surface area contributed by atoms with E-state index < -0.39 is 11.0 Å². The fourth-order valence-corrected chi connectivity index (χ4v) is 2.10. The Morgan fingerprint density at radius 3 is 2.78 bits per heavy atom. The first kappa shape index (κ1) is 12.6. The normalized spacial score (nSPS) is 22.8. The van der Waals surface area contributed by atoms with Crippen LogP contribution in [0.2, 0.25) is 0 Å². The van der Waals surface area contributed by atoms with Gasteiger partial charge in [0.05, 0.1) is 24.2 Å². The van der Waals surface area contributed by atoms with E-state index in [4.69, 9.17) is 9.47 Å². The molecule has 2 rings (SSSR count). The fraction of sp³-hybridized carbons (Fsp3) is 0.500. The summed E-state index contributed by atoms with van der Waals surface area (Å²) in [5, 5.41) is 20.5. The number of nitro benzene ring substituents is 1. The Morgan fingerprint density at radius 2 is 2.22 bits per heavy atom. The van der Waals surface area contributed by atoms with Gasteiger partial charge in [-0.1, -0.05) is 0 Å². The molecule has 98 valence electrons. The van der Waals surface area contributed by atoms with E-state index in [1.807, 2.05) is 0 Å². The maximum absolute atomic E-state index is 10.9. The van der Waals surface area contributed by atoms with Crippen molar-refractivity contribution in [3.8, 4) is 11.5 Å². The largest absolute Gasteiger partial charge is 0.490 e. The Morgan fingerprint density at radius 1 is 1.44 bits per heavy atom. The van der Waals surface area contributed by atoms with Gasteiger partial charge >= 0.3 is 5.69 Å². The number of benzene rings is 1. The molecule has 1 aromatic carbocycles. The minimum atomic E-state index is -0.517. The lowest BCUT2D eigenvalue weighted by Gasteiger charge is -2.17. The van der Waals surface area contributed by atoms with Crippen LogP contribution < -0.4 is 9.47 Å². The highest BCUT2D eigenvalue weighted by Crippen LogP contribution is 2.32. The SMILES string of the molecule is COc1ccc(O[C@H]2CCC[C@@H]2O)cc1[N+](=O)[O-]. The van der Waals surface area contributed by atoms with Crippen molar-refractivity contribution in [2.75, 3.05) is 7.11 Å². The Labute approximate surface area is 104 Å². The monoisotopic (exact) mass is 253 g/mol. The lowest BCUT2D eigenvalue weighted by Crippen LogP contribution is -2.25. The Balaban J connectivity index is 2.18. The van der Waals surface area contributed by atoms with Crippen molar-refractivity contribution < 1.29 is 19.5 Å². The first-order chi connectivity index (χ1) is 8.61. The average Bonchev–Trinajstić information content (AvgIpc) is 2.75. The van der Waals surface area contributed by atoms with Crippen LogP contribution in [0.3, 0.4) is 0 Å². The van der Waals surface area contributed by atoms with Gasteiger partial charge in [-0.15, -0.1) is 0 Å². The van der Waals surface area contributed by atoms with Crippen LogP contribution in [0.25, 0.3) is 0 Å². The zero-order valence-corrected chi connectivity index (χ0v) is 10.0. The molecular weight excluding hydrogens is 238 g/mol. The van der Waals surface area contributed by atoms with Gasteiger partial charge in [0, 0.05) is 0 Å². The lowest BCUT2D eigenvalue weighted by atomic mass is 10.2. The Hall–Kier alpha value is -1.82. The number of aliphatic hydroxyl groups excluding tert-OH is 1. The van der Waals surface area contributed by atoms with E-state index in [9.17, 15) is 15.2 Å². The molecule has 18 heavy (non-hydrogen) atoms. The van der Waals surface area contributed by atoms with Gasteiger partial charge in [-0.2, -0.15) is 0 Å². The van der Waals surface area contributed by atoms with Crippen molar-refractivity contribution in [3.05, 3.63) is 28.3 Å². The number of rotatable bonds is 4. The summed E-state index contributed by atoms with van der Waals surface area (Å²) < 4.78 is 10.5. The maximum Gasteiger partial charge on any atom is 0.314 e. The molecule has 1 aliphatic carbocycles. The molecule has 0 bridgehead atoms. The fourth-order valence-electron chi connectivity index (χ4n) is 2.10. The second kappa shape index (κ2) is 5.22. The highest BCUT2D eigenvalue weighted by molar-refractivity contribution is 5.50. The summed E-state index contributed by atoms with van der Waals surface area (Å²) in [7, 11) is 1.38. The van der Waals surface area contributed by atoms with Crippen molar-refractivity contribution in [1.82, 2.24) is 0 Å². The number of hydrogen-bond acceptors (Lipinski definition) is 5. The van der Waals surface area contributed by atoms with Gasteiger partial charge in [-0.05, 0) is 31.4 Å². The standard InChI is InChI=1S/C12H15NO5/c1-17-11-6-5-8(7-9(11)13(15)16)18-12-4-2-3-10(12)14/h5-7,10,12,14H,2-4H2,1H3/t10-,12-/m0/s1. The summed E-state index contributed by atoms with van der Waals surface area (Å²) in [6, 6.07) is 4.43. The molecular formula is C12H15NO5. The molecule has 0 saturated heterocycles. The van der Waals surface area contributed by atoms with Crippen LogP contribution in [0.4, 0.5) is 5.69 Å². The Bertz CT molecular complexity index is 448. The molecule has 0 amide bonds. The number of nitro groups is 1. The molecule has 0 heterocycles. The van der Waals surface area contributed by atoms with E-state index in [2.05, 4.69) is 0 Å². The second-order valence-electron chi connectivity index (χ2n) is 4.25. The first-order valence-corrected chi connectivity index (χ1v) is 5.79. The minimum Gasteiger partial charge on any atom is -0.490 e. The Kier molecular flexibility index (Phi) is 3.66. The summed E-state index contributed by atoms with van der Waals surface area (Å²) in [4.78, 5) is 10.3. The second-order valence-corrected chi connectivity index (χ2v) is 4.25. The highest BCUT2D eigenvalue weighted by atomic mass is 16.6. The predicted octanol–water partition coefficient (Wildman–Crippen LogP) is 1.90. The molecule has 6 nitrogen and oxygen atoms in total. The first-order valence-electron chi connectivity index (χ1n) is 5.79. The van der Waals surface area contributed by atoms with Gasteiger partial charge < -0.3 is 14.6 Å². The van der Waals surface area contributed by atoms with E-state index in [-0.39, 0.29) is 17.5 Å². The summed E-state index contributed by atoms with van der Waals surface area (Å²) in [5.74, 6) is 0.577. The van der Waals surface area contributed by atoms with Crippen LogP contribution in [0, 0.1) is 10.1 Å². The predicted molar refractivity (Wildman–Crippen MR) is 63.9 cm³/mol. The molecule has 0 aliphatic heterocycles. The average molecular weight is 253 g/mol. The van der Waals surface area contributed by atoms with Crippen LogP contribution in [0.1, 0.15) is 19.3 Å². The molecule has 0 aromatic heterocycles. The van der Waals surface area contributed by atoms with E-state index >= 15 is 0 Å². The van der Waals surface area contributed by atoms with Gasteiger partial charge in [0.2, 0.25) is 0 Å². The smallest absolute Gasteiger partial charge is 0.314 e. The quantitative estimate of drug-likeness (QED) is 0.654. The van der Waals surface area contributed by atoms with Gasteiger partial charge in [0.25, 0.3) is 0 Å². The number of hydrogen-bond donors (Lipinski definition) is 1. The molecule has 1 aromatic rings. The van der Waals surface area contributed by atoms with Crippen LogP contribution >= 0.6 is 0 Å². The van der Waals surface area contributed by atoms with Crippen LogP contribution in [0.5, 0.6) is 11.5 Å². The summed E-state index contributed by atoms with van der Waals surface area (Å²) in [6.07, 6.45) is 1.61. The molecule has 2 atom stereocenters. The molecule has 0 unspecified atom stereocenters. The molecule has 0 radical (unpaired) electrons. The van der Waals surface area contributed by atoms with Crippen molar-refractivity contribution in [1.29, 1.82) is 0 Å². The van der Waals surface area contributed by atoms with Gasteiger partial charge in [-0.3, -0.25) is 10.1 Å². The van der Waals surface area contributed by atoms with Crippen molar-refractivity contribution in [3.63, 3.8) is 0 Å². The molecule has 1 aliphatic rings. The minimum absolute atomic E-state index is 0.137. The van der Waals surface area contributed by atoms with Crippen molar-refractivity contribution >= 4 is 5.69 Å². The number of ether oxygens (including phenoxy) is 2. The topological polar surface area (TPSA) is 81.8 Å². The van der Waals surface area contributed by atoms with Crippen LogP contribution in [0.15, 0.2) is 18.2 Å². The molecule has 0 spiro atoms. The number of nitrogens with zero attached hydrogens (tertiary/aromatic N) is 1. The van der Waals surface area contributed by atoms with E-state index in [1.54, 1.807) is 6.07 Å². The molecule has 1 fully saturated rings. The van der Waals surface area contributed by atoms with E-state index in [0.717, 1.165) is 12.8 Å². The van der Waals surface area contributed by atoms with Gasteiger partial charge in [0.15, 0.2) is 5.75 Å². The third-order valence-corrected chi connectivity index (χ3v) is 3.05. The highest BCUT2D eigenvalue weighted by Gasteiger charge is 2.27. The maximum atomic E-state index is 10.9. The third kappa shape index (κ3) is 2.53. The summed E-state index contributed by atoms with van der Waals surface area (Å²) in [5.41, 5.74) is -0.137. The third-order valence-electron chi connectivity index (χ3n) is 3.05. The number of aliphatic hydroxyl groups is 1. The molecule has 6 heteroatoms. The van der Waals surface area contributed by atoms with E-state index in [0.29, 0.717) is 12.2 Å². The van der Waals surface area contributed by atoms with Crippen LogP contribution in [-0.2, 0) is 0 Å². The zero-order chi connectivity index (χ0) is 13.1. The summed E-state index contributed by atoms with van der Waals surface area (Å²) >= 11 is 0. The molecule has 1 saturated carbocycles.